The molecule has 20 heavy (non-hydrogen) atoms. The number of aliphatic hydroxyl groups is 1. The number of methoxy groups -OCH3 is 1. The van der Waals surface area contributed by atoms with Crippen molar-refractivity contribution in [3.63, 3.8) is 0 Å². The van der Waals surface area contributed by atoms with Gasteiger partial charge in [-0.1, -0.05) is 12.8 Å². The second kappa shape index (κ2) is 5.65. The summed E-state index contributed by atoms with van der Waals surface area (Å²) in [6.07, 6.45) is 7.55. The molecule has 0 spiro atoms. The third-order valence-electron chi connectivity index (χ3n) is 4.97. The van der Waals surface area contributed by atoms with Crippen LogP contribution in [0.3, 0.4) is 0 Å². The smallest absolute Gasteiger partial charge is 0.119 e. The van der Waals surface area contributed by atoms with Crippen molar-refractivity contribution in [1.82, 2.24) is 0 Å². The first-order chi connectivity index (χ1) is 9.74. The van der Waals surface area contributed by atoms with E-state index >= 15 is 0 Å². The number of hydrogen-bond acceptors (Lipinski definition) is 3. The molecule has 1 aromatic carbocycles. The molecule has 3 heteroatoms. The van der Waals surface area contributed by atoms with Gasteiger partial charge >= 0.3 is 0 Å². The molecule has 3 nitrogen and oxygen atoms in total. The van der Waals surface area contributed by atoms with Crippen LogP contribution in [0.2, 0.25) is 0 Å². The Morgan fingerprint density at radius 3 is 2.55 bits per heavy atom. The molecule has 2 aliphatic rings. The van der Waals surface area contributed by atoms with Crippen molar-refractivity contribution < 1.29 is 9.84 Å². The van der Waals surface area contributed by atoms with E-state index in [0.29, 0.717) is 0 Å². The maximum absolute atomic E-state index is 9.94. The fraction of sp³-hybridized carbons (Fsp3) is 0.647. The zero-order valence-electron chi connectivity index (χ0n) is 12.3. The molecule has 2 fully saturated rings. The predicted octanol–water partition coefficient (Wildman–Crippen LogP) is 3.44. The molecule has 2 unspecified atom stereocenters. The average molecular weight is 275 g/mol. The molecule has 1 aromatic rings. The lowest BCUT2D eigenvalue weighted by Crippen LogP contribution is -2.46. The van der Waals surface area contributed by atoms with Gasteiger partial charge in [0.05, 0.1) is 19.3 Å². The first-order valence-corrected chi connectivity index (χ1v) is 7.78. The van der Waals surface area contributed by atoms with Gasteiger partial charge < -0.3 is 15.2 Å². The van der Waals surface area contributed by atoms with Crippen LogP contribution in [0.4, 0.5) is 5.69 Å². The molecule has 0 saturated heterocycles. The Kier molecular flexibility index (Phi) is 3.88. The number of nitrogens with one attached hydrogen (secondary N) is 1. The number of rotatable bonds is 5. The van der Waals surface area contributed by atoms with Gasteiger partial charge in [0.25, 0.3) is 0 Å². The maximum atomic E-state index is 9.94. The molecule has 0 aromatic heterocycles. The largest absolute Gasteiger partial charge is 0.497 e. The normalized spacial score (nSPS) is 30.0. The van der Waals surface area contributed by atoms with Gasteiger partial charge in [-0.15, -0.1) is 0 Å². The number of aliphatic hydroxyl groups excluding tert-OH is 1. The van der Waals surface area contributed by atoms with Crippen molar-refractivity contribution >= 4 is 5.69 Å². The first kappa shape index (κ1) is 13.7. The Hall–Kier alpha value is -1.22. The molecule has 0 aliphatic heterocycles. The second-order valence-corrected chi connectivity index (χ2v) is 6.49. The minimum Gasteiger partial charge on any atom is -0.497 e. The zero-order valence-corrected chi connectivity index (χ0v) is 12.3. The lowest BCUT2D eigenvalue weighted by Gasteiger charge is -2.41. The van der Waals surface area contributed by atoms with Crippen LogP contribution in [0.25, 0.3) is 0 Å². The lowest BCUT2D eigenvalue weighted by atomic mass is 9.74. The van der Waals surface area contributed by atoms with Crippen LogP contribution < -0.4 is 10.1 Å². The van der Waals surface area contributed by atoms with Crippen LogP contribution in [-0.4, -0.2) is 24.4 Å². The van der Waals surface area contributed by atoms with Crippen molar-refractivity contribution in [2.24, 2.45) is 11.8 Å². The molecule has 110 valence electrons. The van der Waals surface area contributed by atoms with Crippen LogP contribution in [0.5, 0.6) is 5.75 Å². The summed E-state index contributed by atoms with van der Waals surface area (Å²) in [6, 6.07) is 8.01. The molecule has 2 aliphatic carbocycles. The Morgan fingerprint density at radius 1 is 1.20 bits per heavy atom. The Balaban J connectivity index is 1.70. The number of hydrogen-bond donors (Lipinski definition) is 2. The van der Waals surface area contributed by atoms with Crippen molar-refractivity contribution in [1.29, 1.82) is 0 Å². The Labute approximate surface area is 121 Å². The van der Waals surface area contributed by atoms with Crippen molar-refractivity contribution in [3.05, 3.63) is 24.3 Å². The summed E-state index contributed by atoms with van der Waals surface area (Å²) in [5.74, 6) is 2.61. The van der Waals surface area contributed by atoms with Crippen molar-refractivity contribution in [2.45, 2.75) is 44.1 Å². The molecular weight excluding hydrogens is 250 g/mol. The highest BCUT2D eigenvalue weighted by Crippen LogP contribution is 2.47. The van der Waals surface area contributed by atoms with E-state index in [4.69, 9.17) is 4.74 Å². The molecule has 0 bridgehead atoms. The quantitative estimate of drug-likeness (QED) is 0.865. The standard InChI is InChI=1S/C17H25NO2/c1-20-16-8-6-15(7-9-16)18-17(12-19)10-2-3-14(11-17)13-4-5-13/h6-9,13-14,18-19H,2-5,10-12H2,1H3. The number of ether oxygens (including phenoxy) is 1. The van der Waals surface area contributed by atoms with Gasteiger partial charge in [0, 0.05) is 5.69 Å². The molecule has 0 radical (unpaired) electrons. The highest BCUT2D eigenvalue weighted by molar-refractivity contribution is 5.48. The van der Waals surface area contributed by atoms with Crippen LogP contribution >= 0.6 is 0 Å². The Bertz CT molecular complexity index is 441. The number of anilines is 1. The van der Waals surface area contributed by atoms with Crippen LogP contribution in [-0.2, 0) is 0 Å². The van der Waals surface area contributed by atoms with E-state index in [1.807, 2.05) is 24.3 Å². The van der Waals surface area contributed by atoms with Crippen LogP contribution in [0, 0.1) is 11.8 Å². The zero-order chi connectivity index (χ0) is 14.0. The van der Waals surface area contributed by atoms with Gasteiger partial charge in [-0.3, -0.25) is 0 Å². The monoisotopic (exact) mass is 275 g/mol. The van der Waals surface area contributed by atoms with Crippen molar-refractivity contribution in [3.8, 4) is 5.75 Å². The first-order valence-electron chi connectivity index (χ1n) is 7.78. The van der Waals surface area contributed by atoms with Gasteiger partial charge in [0.2, 0.25) is 0 Å². The summed E-state index contributed by atoms with van der Waals surface area (Å²) in [5.41, 5.74) is 0.955. The summed E-state index contributed by atoms with van der Waals surface area (Å²) in [4.78, 5) is 0. The molecule has 2 saturated carbocycles. The van der Waals surface area contributed by atoms with Crippen LogP contribution in [0.15, 0.2) is 24.3 Å². The minimum atomic E-state index is -0.125. The minimum absolute atomic E-state index is 0.125. The van der Waals surface area contributed by atoms with Gasteiger partial charge in [-0.05, 0) is 61.8 Å². The van der Waals surface area contributed by atoms with Gasteiger partial charge in [0.1, 0.15) is 5.75 Å². The molecule has 0 heterocycles. The summed E-state index contributed by atoms with van der Waals surface area (Å²) >= 11 is 0. The van der Waals surface area contributed by atoms with Gasteiger partial charge in [0.15, 0.2) is 0 Å². The van der Waals surface area contributed by atoms with E-state index in [2.05, 4.69) is 5.32 Å². The van der Waals surface area contributed by atoms with Crippen molar-refractivity contribution in [2.75, 3.05) is 19.0 Å². The van der Waals surface area contributed by atoms with Crippen LogP contribution in [0.1, 0.15) is 38.5 Å². The van der Waals surface area contributed by atoms with E-state index in [-0.39, 0.29) is 12.1 Å². The molecule has 2 atom stereocenters. The summed E-state index contributed by atoms with van der Waals surface area (Å²) in [7, 11) is 1.68. The number of benzene rings is 1. The SMILES string of the molecule is COc1ccc(NC2(CO)CCCC(C3CC3)C2)cc1. The Morgan fingerprint density at radius 2 is 1.95 bits per heavy atom. The van der Waals surface area contributed by atoms with E-state index in [1.54, 1.807) is 7.11 Å². The molecular formula is C17H25NO2. The topological polar surface area (TPSA) is 41.5 Å². The summed E-state index contributed by atoms with van der Waals surface area (Å²) in [6.45, 7) is 0.224. The third kappa shape index (κ3) is 2.93. The van der Waals surface area contributed by atoms with E-state index < -0.39 is 0 Å². The van der Waals surface area contributed by atoms with Gasteiger partial charge in [-0.2, -0.15) is 0 Å². The summed E-state index contributed by atoms with van der Waals surface area (Å²) < 4.78 is 5.19. The van der Waals surface area contributed by atoms with E-state index in [9.17, 15) is 5.11 Å². The molecule has 2 N–H and O–H groups in total. The third-order valence-corrected chi connectivity index (χ3v) is 4.97. The lowest BCUT2D eigenvalue weighted by molar-refractivity contribution is 0.136. The summed E-state index contributed by atoms with van der Waals surface area (Å²) in [5, 5.41) is 13.5. The maximum Gasteiger partial charge on any atom is 0.119 e. The van der Waals surface area contributed by atoms with Gasteiger partial charge in [-0.25, -0.2) is 0 Å². The fourth-order valence-electron chi connectivity index (χ4n) is 3.66. The highest BCUT2D eigenvalue weighted by Gasteiger charge is 2.41. The molecule has 0 amide bonds. The predicted molar refractivity (Wildman–Crippen MR) is 81.1 cm³/mol. The highest BCUT2D eigenvalue weighted by atomic mass is 16.5. The second-order valence-electron chi connectivity index (χ2n) is 6.49. The van der Waals surface area contributed by atoms with E-state index in [0.717, 1.165) is 36.1 Å². The fourth-order valence-corrected chi connectivity index (χ4v) is 3.66. The average Bonchev–Trinajstić information content (AvgIpc) is 3.33. The molecule has 3 rings (SSSR count). The van der Waals surface area contributed by atoms with E-state index in [1.165, 1.54) is 25.7 Å².